The van der Waals surface area contributed by atoms with Gasteiger partial charge in [0.1, 0.15) is 0 Å². The number of carbonyl (C=O) groups is 1. The van der Waals surface area contributed by atoms with Crippen molar-refractivity contribution in [3.8, 4) is 0 Å². The van der Waals surface area contributed by atoms with E-state index >= 15 is 0 Å². The summed E-state index contributed by atoms with van der Waals surface area (Å²) in [6.45, 7) is 8.31. The Morgan fingerprint density at radius 1 is 1.17 bits per heavy atom. The fourth-order valence-electron chi connectivity index (χ4n) is 1.44. The van der Waals surface area contributed by atoms with Gasteiger partial charge in [-0.2, -0.15) is 0 Å². The molecule has 72 valence electrons. The van der Waals surface area contributed by atoms with Crippen LogP contribution in [-0.2, 0) is 4.79 Å². The molecule has 0 rings (SSSR count). The standard InChI is InChI=1S/C9H18O2.Al.3H/c1-6(2)8(7(3)4)5-9(10)11;;;;/h6-8H,5H2,1-4H3,(H,10,11);;;;. The van der Waals surface area contributed by atoms with Gasteiger partial charge in [-0.3, -0.25) is 4.79 Å². The molecular formula is C9H21AlO2. The number of hydrogen-bond acceptors (Lipinski definition) is 1. The SMILES string of the molecule is CC(C)C(CC(=O)O)C(C)C.[AlH3]. The number of carboxylic acids is 1. The molecule has 0 aromatic heterocycles. The predicted molar refractivity (Wildman–Crippen MR) is 55.4 cm³/mol. The van der Waals surface area contributed by atoms with Crippen LogP contribution in [0.1, 0.15) is 34.1 Å². The highest BCUT2D eigenvalue weighted by Gasteiger charge is 2.19. The Kier molecular flexibility index (Phi) is 7.88. The lowest BCUT2D eigenvalue weighted by Crippen LogP contribution is -2.19. The van der Waals surface area contributed by atoms with Crippen LogP contribution in [0, 0.1) is 17.8 Å². The zero-order valence-electron chi connectivity index (χ0n) is 7.79. The lowest BCUT2D eigenvalue weighted by Gasteiger charge is -2.22. The quantitative estimate of drug-likeness (QED) is 0.673. The Bertz CT molecular complexity index is 124. The Hall–Kier alpha value is 0.00247. The van der Waals surface area contributed by atoms with E-state index < -0.39 is 5.97 Å². The van der Waals surface area contributed by atoms with Crippen molar-refractivity contribution in [3.05, 3.63) is 0 Å². The summed E-state index contributed by atoms with van der Waals surface area (Å²) in [5.41, 5.74) is 0. The molecule has 12 heavy (non-hydrogen) atoms. The third-order valence-corrected chi connectivity index (χ3v) is 2.12. The molecule has 0 aromatic carbocycles. The van der Waals surface area contributed by atoms with Crippen LogP contribution in [0.3, 0.4) is 0 Å². The first-order chi connectivity index (χ1) is 4.95. The van der Waals surface area contributed by atoms with Gasteiger partial charge < -0.3 is 5.11 Å². The molecule has 0 saturated heterocycles. The van der Waals surface area contributed by atoms with Gasteiger partial charge in [-0.25, -0.2) is 0 Å². The lowest BCUT2D eigenvalue weighted by atomic mass is 9.83. The van der Waals surface area contributed by atoms with E-state index in [9.17, 15) is 4.79 Å². The molecule has 0 bridgehead atoms. The summed E-state index contributed by atoms with van der Waals surface area (Å²) in [6, 6.07) is 0. The first-order valence-corrected chi connectivity index (χ1v) is 4.17. The van der Waals surface area contributed by atoms with Crippen LogP contribution >= 0.6 is 0 Å². The summed E-state index contributed by atoms with van der Waals surface area (Å²) < 4.78 is 0. The summed E-state index contributed by atoms with van der Waals surface area (Å²) in [5, 5.41) is 8.58. The molecule has 3 heteroatoms. The first-order valence-electron chi connectivity index (χ1n) is 4.17. The van der Waals surface area contributed by atoms with Crippen molar-refractivity contribution in [1.29, 1.82) is 0 Å². The normalized spacial score (nSPS) is 10.6. The third-order valence-electron chi connectivity index (χ3n) is 2.12. The second-order valence-electron chi connectivity index (χ2n) is 3.75. The molecule has 1 N–H and O–H groups in total. The van der Waals surface area contributed by atoms with Crippen molar-refractivity contribution in [3.63, 3.8) is 0 Å². The van der Waals surface area contributed by atoms with E-state index in [0.717, 1.165) is 0 Å². The van der Waals surface area contributed by atoms with Crippen molar-refractivity contribution in [2.24, 2.45) is 17.8 Å². The summed E-state index contributed by atoms with van der Waals surface area (Å²) in [7, 11) is 0. The second kappa shape index (κ2) is 6.51. The summed E-state index contributed by atoms with van der Waals surface area (Å²) in [5.74, 6) is 0.558. The van der Waals surface area contributed by atoms with Crippen molar-refractivity contribution in [1.82, 2.24) is 0 Å². The Labute approximate surface area is 85.5 Å². The molecule has 0 heterocycles. The summed E-state index contributed by atoms with van der Waals surface area (Å²) in [6.07, 6.45) is 0.301. The molecular weight excluding hydrogens is 167 g/mol. The van der Waals surface area contributed by atoms with Crippen LogP contribution in [0.2, 0.25) is 0 Å². The van der Waals surface area contributed by atoms with E-state index in [1.165, 1.54) is 0 Å². The van der Waals surface area contributed by atoms with E-state index in [1.807, 2.05) is 0 Å². The van der Waals surface area contributed by atoms with Crippen LogP contribution in [0.25, 0.3) is 0 Å². The van der Waals surface area contributed by atoms with Crippen LogP contribution in [0.15, 0.2) is 0 Å². The van der Waals surface area contributed by atoms with Gasteiger partial charge >= 0.3 is 5.97 Å². The van der Waals surface area contributed by atoms with Gasteiger partial charge in [0.15, 0.2) is 17.4 Å². The molecule has 2 nitrogen and oxygen atoms in total. The van der Waals surface area contributed by atoms with Gasteiger partial charge in [0.05, 0.1) is 0 Å². The Morgan fingerprint density at radius 2 is 1.50 bits per heavy atom. The van der Waals surface area contributed by atoms with Gasteiger partial charge in [-0.15, -0.1) is 0 Å². The molecule has 0 aliphatic carbocycles. The molecule has 0 aliphatic rings. The minimum Gasteiger partial charge on any atom is -0.481 e. The van der Waals surface area contributed by atoms with Gasteiger partial charge in [-0.05, 0) is 17.8 Å². The van der Waals surface area contributed by atoms with Crippen LogP contribution in [0.5, 0.6) is 0 Å². The molecule has 0 amide bonds. The van der Waals surface area contributed by atoms with Gasteiger partial charge in [0.2, 0.25) is 0 Å². The molecule has 0 atom stereocenters. The molecule has 0 saturated carbocycles. The fourth-order valence-corrected chi connectivity index (χ4v) is 1.44. The highest BCUT2D eigenvalue weighted by molar-refractivity contribution is 5.75. The highest BCUT2D eigenvalue weighted by Crippen LogP contribution is 2.23. The van der Waals surface area contributed by atoms with E-state index in [4.69, 9.17) is 5.11 Å². The summed E-state index contributed by atoms with van der Waals surface area (Å²) >= 11 is 0. The summed E-state index contributed by atoms with van der Waals surface area (Å²) in [4.78, 5) is 10.4. The number of hydrogen-bond donors (Lipinski definition) is 1. The van der Waals surface area contributed by atoms with Crippen molar-refractivity contribution in [2.75, 3.05) is 0 Å². The minimum absolute atomic E-state index is 0. The maximum atomic E-state index is 10.4. The number of aliphatic carboxylic acids is 1. The Morgan fingerprint density at radius 3 is 1.58 bits per heavy atom. The van der Waals surface area contributed by atoms with Gasteiger partial charge in [-0.1, -0.05) is 27.7 Å². The predicted octanol–water partition coefficient (Wildman–Crippen LogP) is 1.21. The highest BCUT2D eigenvalue weighted by atomic mass is 27.0. The lowest BCUT2D eigenvalue weighted by molar-refractivity contribution is -0.138. The number of rotatable bonds is 4. The largest absolute Gasteiger partial charge is 0.481 e. The van der Waals surface area contributed by atoms with Crippen LogP contribution in [0.4, 0.5) is 0 Å². The second-order valence-corrected chi connectivity index (χ2v) is 3.75. The zero-order valence-corrected chi connectivity index (χ0v) is 7.79. The smallest absolute Gasteiger partial charge is 0.303 e. The molecule has 0 unspecified atom stereocenters. The van der Waals surface area contributed by atoms with Crippen LogP contribution < -0.4 is 0 Å². The van der Waals surface area contributed by atoms with Gasteiger partial charge in [0, 0.05) is 6.42 Å². The van der Waals surface area contributed by atoms with Crippen molar-refractivity contribution in [2.45, 2.75) is 34.1 Å². The molecule has 0 fully saturated rings. The number of carboxylic acid groups (broad SMARTS) is 1. The Balaban J connectivity index is 0. The van der Waals surface area contributed by atoms with E-state index in [1.54, 1.807) is 0 Å². The first kappa shape index (κ1) is 14.5. The molecule has 0 aromatic rings. The minimum atomic E-state index is -0.683. The molecule has 0 radical (unpaired) electrons. The van der Waals surface area contributed by atoms with Crippen molar-refractivity contribution >= 4 is 23.3 Å². The fraction of sp³-hybridized carbons (Fsp3) is 0.889. The maximum Gasteiger partial charge on any atom is 0.303 e. The molecule has 0 aliphatic heterocycles. The van der Waals surface area contributed by atoms with E-state index in [2.05, 4.69) is 27.7 Å². The molecule has 0 spiro atoms. The van der Waals surface area contributed by atoms with Crippen LogP contribution in [-0.4, -0.2) is 28.4 Å². The maximum absolute atomic E-state index is 10.4. The van der Waals surface area contributed by atoms with Gasteiger partial charge in [0.25, 0.3) is 0 Å². The van der Waals surface area contributed by atoms with Crippen molar-refractivity contribution < 1.29 is 9.90 Å². The average Bonchev–Trinajstić information content (AvgIpc) is 1.81. The zero-order chi connectivity index (χ0) is 9.02. The monoisotopic (exact) mass is 188 g/mol. The average molecular weight is 188 g/mol. The third kappa shape index (κ3) is 5.63. The van der Waals surface area contributed by atoms with E-state index in [0.29, 0.717) is 24.2 Å². The van der Waals surface area contributed by atoms with E-state index in [-0.39, 0.29) is 17.4 Å². The topological polar surface area (TPSA) is 37.3 Å².